The van der Waals surface area contributed by atoms with Gasteiger partial charge in [-0.25, -0.2) is 4.79 Å². The van der Waals surface area contributed by atoms with Crippen LogP contribution in [0.5, 0.6) is 0 Å². The van der Waals surface area contributed by atoms with Crippen molar-refractivity contribution in [3.05, 3.63) is 0 Å². The lowest BCUT2D eigenvalue weighted by Crippen LogP contribution is -2.49. The van der Waals surface area contributed by atoms with E-state index in [9.17, 15) is 4.79 Å². The summed E-state index contributed by atoms with van der Waals surface area (Å²) in [5.74, 6) is 0.323. The molecule has 2 rings (SSSR count). The Morgan fingerprint density at radius 1 is 1.35 bits per heavy atom. The Labute approximate surface area is 102 Å². The van der Waals surface area contributed by atoms with Gasteiger partial charge in [-0.15, -0.1) is 0 Å². The molecule has 0 aromatic rings. The summed E-state index contributed by atoms with van der Waals surface area (Å²) >= 11 is 0. The van der Waals surface area contributed by atoms with Crippen molar-refractivity contribution >= 4 is 6.03 Å². The fourth-order valence-electron chi connectivity index (χ4n) is 2.40. The number of urea groups is 1. The van der Waals surface area contributed by atoms with Gasteiger partial charge < -0.3 is 19.7 Å². The van der Waals surface area contributed by atoms with E-state index in [2.05, 4.69) is 5.32 Å². The third-order valence-corrected chi connectivity index (χ3v) is 3.19. The number of hydrogen-bond acceptors (Lipinski definition) is 3. The molecule has 1 unspecified atom stereocenters. The molecule has 2 aliphatic rings. The van der Waals surface area contributed by atoms with Gasteiger partial charge >= 0.3 is 6.03 Å². The van der Waals surface area contributed by atoms with Crippen molar-refractivity contribution < 1.29 is 14.3 Å². The maximum Gasteiger partial charge on any atom is 0.317 e. The van der Waals surface area contributed by atoms with Gasteiger partial charge in [0.05, 0.1) is 13.2 Å². The van der Waals surface area contributed by atoms with Crippen molar-refractivity contribution in [2.45, 2.75) is 39.0 Å². The minimum atomic E-state index is -0.107. The topological polar surface area (TPSA) is 50.8 Å². The van der Waals surface area contributed by atoms with E-state index >= 15 is 0 Å². The maximum atomic E-state index is 11.9. The van der Waals surface area contributed by atoms with Crippen LogP contribution in [0, 0.1) is 5.92 Å². The number of hydrogen-bond donors (Lipinski definition) is 1. The number of likely N-dealkylation sites (tertiary alicyclic amines) is 1. The quantitative estimate of drug-likeness (QED) is 0.791. The fourth-order valence-corrected chi connectivity index (χ4v) is 2.40. The van der Waals surface area contributed by atoms with Gasteiger partial charge in [0.25, 0.3) is 0 Å². The van der Waals surface area contributed by atoms with Gasteiger partial charge in [0.2, 0.25) is 0 Å². The fraction of sp³-hybridized carbons (Fsp3) is 0.917. The van der Waals surface area contributed by atoms with E-state index in [0.717, 1.165) is 25.9 Å². The van der Waals surface area contributed by atoms with Gasteiger partial charge in [-0.05, 0) is 26.7 Å². The molecule has 0 aromatic carbocycles. The first-order valence-corrected chi connectivity index (χ1v) is 6.45. The molecule has 2 amide bonds. The molecule has 2 aliphatic heterocycles. The molecule has 5 nitrogen and oxygen atoms in total. The van der Waals surface area contributed by atoms with Crippen molar-refractivity contribution in [1.29, 1.82) is 0 Å². The highest BCUT2D eigenvalue weighted by Gasteiger charge is 2.32. The first-order valence-electron chi connectivity index (χ1n) is 6.45. The number of ether oxygens (including phenoxy) is 2. The molecule has 2 saturated heterocycles. The first-order chi connectivity index (χ1) is 8.16. The Balaban J connectivity index is 1.85. The van der Waals surface area contributed by atoms with Crippen LogP contribution in [0.25, 0.3) is 0 Å². The number of carbonyl (C=O) groups is 1. The lowest BCUT2D eigenvalue weighted by molar-refractivity contribution is -0.0963. The molecule has 0 bridgehead atoms. The minimum absolute atomic E-state index is 0.0303. The van der Waals surface area contributed by atoms with E-state index < -0.39 is 0 Å². The van der Waals surface area contributed by atoms with Crippen LogP contribution in [0.15, 0.2) is 0 Å². The van der Waals surface area contributed by atoms with E-state index in [1.807, 2.05) is 18.7 Å². The van der Waals surface area contributed by atoms with Crippen LogP contribution < -0.4 is 5.32 Å². The predicted molar refractivity (Wildman–Crippen MR) is 63.7 cm³/mol. The highest BCUT2D eigenvalue weighted by molar-refractivity contribution is 5.74. The van der Waals surface area contributed by atoms with E-state index in [1.54, 1.807) is 0 Å². The number of nitrogens with one attached hydrogen (secondary N) is 1. The van der Waals surface area contributed by atoms with E-state index in [4.69, 9.17) is 9.47 Å². The third kappa shape index (κ3) is 3.33. The molecule has 0 saturated carbocycles. The predicted octanol–water partition coefficient (Wildman–Crippen LogP) is 1.19. The van der Waals surface area contributed by atoms with Gasteiger partial charge in [-0.2, -0.15) is 0 Å². The second-order valence-electron chi connectivity index (χ2n) is 5.06. The smallest absolute Gasteiger partial charge is 0.317 e. The highest BCUT2D eigenvalue weighted by Crippen LogP contribution is 2.24. The molecule has 0 radical (unpaired) electrons. The molecular formula is C12H22N2O3. The normalized spacial score (nSPS) is 26.5. The average Bonchev–Trinajstić information content (AvgIpc) is 2.82. The molecular weight excluding hydrogens is 220 g/mol. The molecule has 2 fully saturated rings. The zero-order valence-electron chi connectivity index (χ0n) is 10.6. The van der Waals surface area contributed by atoms with Gasteiger partial charge in [0, 0.05) is 25.0 Å². The standard InChI is InChI=1S/C12H22N2O3/c1-9(2)13-12(15)14-5-3-4-10(8-14)11-16-6-7-17-11/h9-11H,3-8H2,1-2H3,(H,13,15). The van der Waals surface area contributed by atoms with Crippen LogP contribution in [0.1, 0.15) is 26.7 Å². The summed E-state index contributed by atoms with van der Waals surface area (Å²) in [6.45, 7) is 6.88. The Bertz CT molecular complexity index is 264. The van der Waals surface area contributed by atoms with Crippen molar-refractivity contribution in [3.63, 3.8) is 0 Å². The molecule has 0 spiro atoms. The zero-order valence-corrected chi connectivity index (χ0v) is 10.6. The molecule has 2 heterocycles. The second-order valence-corrected chi connectivity index (χ2v) is 5.06. The van der Waals surface area contributed by atoms with Gasteiger partial charge in [0.15, 0.2) is 6.29 Å². The van der Waals surface area contributed by atoms with Crippen LogP contribution in [0.4, 0.5) is 4.79 Å². The van der Waals surface area contributed by atoms with Crippen molar-refractivity contribution in [2.75, 3.05) is 26.3 Å². The molecule has 98 valence electrons. The summed E-state index contributed by atoms with van der Waals surface area (Å²) in [5.41, 5.74) is 0. The number of rotatable bonds is 2. The van der Waals surface area contributed by atoms with Gasteiger partial charge in [-0.3, -0.25) is 0 Å². The summed E-state index contributed by atoms with van der Waals surface area (Å²) < 4.78 is 11.0. The van der Waals surface area contributed by atoms with E-state index in [0.29, 0.717) is 19.1 Å². The Morgan fingerprint density at radius 3 is 2.71 bits per heavy atom. The molecule has 1 N–H and O–H groups in total. The number of piperidine rings is 1. The molecule has 17 heavy (non-hydrogen) atoms. The molecule has 5 heteroatoms. The van der Waals surface area contributed by atoms with E-state index in [1.165, 1.54) is 0 Å². The SMILES string of the molecule is CC(C)NC(=O)N1CCCC(C2OCCO2)C1. The lowest BCUT2D eigenvalue weighted by atomic mass is 9.98. The van der Waals surface area contributed by atoms with E-state index in [-0.39, 0.29) is 18.4 Å². The van der Waals surface area contributed by atoms with Crippen LogP contribution >= 0.6 is 0 Å². The summed E-state index contributed by atoms with van der Waals surface area (Å²) in [5, 5.41) is 2.93. The van der Waals surface area contributed by atoms with Gasteiger partial charge in [-0.1, -0.05) is 0 Å². The number of nitrogens with zero attached hydrogens (tertiary/aromatic N) is 1. The Kier molecular flexibility index (Phi) is 4.23. The monoisotopic (exact) mass is 242 g/mol. The van der Waals surface area contributed by atoms with Crippen LogP contribution in [-0.2, 0) is 9.47 Å². The van der Waals surface area contributed by atoms with Crippen LogP contribution in [0.3, 0.4) is 0 Å². The lowest BCUT2D eigenvalue weighted by Gasteiger charge is -2.35. The Morgan fingerprint density at radius 2 is 2.06 bits per heavy atom. The zero-order chi connectivity index (χ0) is 12.3. The van der Waals surface area contributed by atoms with Crippen LogP contribution in [-0.4, -0.2) is 49.6 Å². The maximum absolute atomic E-state index is 11.9. The summed E-state index contributed by atoms with van der Waals surface area (Å²) in [4.78, 5) is 13.8. The highest BCUT2D eigenvalue weighted by atomic mass is 16.7. The third-order valence-electron chi connectivity index (χ3n) is 3.19. The molecule has 0 aliphatic carbocycles. The minimum Gasteiger partial charge on any atom is -0.350 e. The number of amides is 2. The summed E-state index contributed by atoms with van der Waals surface area (Å²) in [6, 6.07) is 0.213. The Hall–Kier alpha value is -0.810. The molecule has 0 aromatic heterocycles. The van der Waals surface area contributed by atoms with Crippen LogP contribution in [0.2, 0.25) is 0 Å². The first kappa shape index (κ1) is 12.6. The van der Waals surface area contributed by atoms with Gasteiger partial charge in [0.1, 0.15) is 0 Å². The summed E-state index contributed by atoms with van der Waals surface area (Å²) in [7, 11) is 0. The van der Waals surface area contributed by atoms with Crippen molar-refractivity contribution in [3.8, 4) is 0 Å². The summed E-state index contributed by atoms with van der Waals surface area (Å²) in [6.07, 6.45) is 2.00. The number of carbonyl (C=O) groups excluding carboxylic acids is 1. The molecule has 1 atom stereocenters. The largest absolute Gasteiger partial charge is 0.350 e. The van der Waals surface area contributed by atoms with Crippen molar-refractivity contribution in [2.24, 2.45) is 5.92 Å². The van der Waals surface area contributed by atoms with Crippen molar-refractivity contribution in [1.82, 2.24) is 10.2 Å². The second kappa shape index (κ2) is 5.69. The average molecular weight is 242 g/mol.